The summed E-state index contributed by atoms with van der Waals surface area (Å²) in [6.07, 6.45) is 0. The van der Waals surface area contributed by atoms with E-state index in [1.165, 1.54) is 26.7 Å². The van der Waals surface area contributed by atoms with E-state index in [4.69, 9.17) is 4.74 Å². The molecule has 120 valence electrons. The first kappa shape index (κ1) is 16.7. The van der Waals surface area contributed by atoms with Gasteiger partial charge in [-0.25, -0.2) is 9.59 Å². The molecule has 0 spiro atoms. The molecule has 0 aliphatic rings. The van der Waals surface area contributed by atoms with E-state index in [0.29, 0.717) is 11.3 Å². The molecule has 2 rings (SSSR count). The van der Waals surface area contributed by atoms with E-state index in [0.717, 1.165) is 11.3 Å². The van der Waals surface area contributed by atoms with Crippen molar-refractivity contribution in [2.75, 3.05) is 21.3 Å². The SMILES string of the molecule is COC(=O)c1scc(C(=O)c2ccc(OC)cc2)c1C(=O)OC. The zero-order valence-corrected chi connectivity index (χ0v) is 13.6. The van der Waals surface area contributed by atoms with Crippen LogP contribution in [-0.4, -0.2) is 39.1 Å². The van der Waals surface area contributed by atoms with Gasteiger partial charge in [-0.15, -0.1) is 11.3 Å². The van der Waals surface area contributed by atoms with Crippen molar-refractivity contribution >= 4 is 29.1 Å². The van der Waals surface area contributed by atoms with Gasteiger partial charge in [0.1, 0.15) is 10.6 Å². The van der Waals surface area contributed by atoms with Crippen LogP contribution in [0.2, 0.25) is 0 Å². The standard InChI is InChI=1S/C16H14O6S/c1-20-10-6-4-9(5-7-10)13(17)11-8-23-14(16(19)22-3)12(11)15(18)21-2/h4-8H,1-3H3. The number of thiophene rings is 1. The third-order valence-corrected chi connectivity index (χ3v) is 4.11. The first-order valence-electron chi connectivity index (χ1n) is 6.50. The first-order valence-corrected chi connectivity index (χ1v) is 7.38. The van der Waals surface area contributed by atoms with E-state index in [1.54, 1.807) is 24.3 Å². The summed E-state index contributed by atoms with van der Waals surface area (Å²) in [7, 11) is 3.91. The Bertz CT molecular complexity index is 744. The van der Waals surface area contributed by atoms with Crippen LogP contribution in [0.15, 0.2) is 29.6 Å². The number of hydrogen-bond acceptors (Lipinski definition) is 7. The summed E-state index contributed by atoms with van der Waals surface area (Å²) in [6.45, 7) is 0. The maximum Gasteiger partial charge on any atom is 0.348 e. The van der Waals surface area contributed by atoms with Crippen molar-refractivity contribution in [2.45, 2.75) is 0 Å². The number of carbonyl (C=O) groups excluding carboxylic acids is 3. The summed E-state index contributed by atoms with van der Waals surface area (Å²) in [5.41, 5.74) is 0.391. The minimum absolute atomic E-state index is 0.0382. The Hall–Kier alpha value is -2.67. The Morgan fingerprint density at radius 2 is 1.52 bits per heavy atom. The van der Waals surface area contributed by atoms with E-state index >= 15 is 0 Å². The molecule has 0 aliphatic heterocycles. The number of ketones is 1. The molecule has 1 aromatic carbocycles. The van der Waals surface area contributed by atoms with E-state index in [2.05, 4.69) is 9.47 Å². The van der Waals surface area contributed by atoms with Gasteiger partial charge in [0.15, 0.2) is 5.78 Å². The summed E-state index contributed by atoms with van der Waals surface area (Å²) in [6, 6.07) is 6.44. The molecule has 0 unspecified atom stereocenters. The van der Waals surface area contributed by atoms with Gasteiger partial charge in [0, 0.05) is 16.5 Å². The molecule has 7 heteroatoms. The number of esters is 2. The quantitative estimate of drug-likeness (QED) is 0.618. The molecule has 0 fully saturated rings. The third-order valence-electron chi connectivity index (χ3n) is 3.15. The van der Waals surface area contributed by atoms with Crippen molar-refractivity contribution in [3.8, 4) is 5.75 Å². The summed E-state index contributed by atoms with van der Waals surface area (Å²) >= 11 is 0.962. The molecule has 0 amide bonds. The highest BCUT2D eigenvalue weighted by Gasteiger charge is 2.28. The number of hydrogen-bond donors (Lipinski definition) is 0. The van der Waals surface area contributed by atoms with E-state index in [1.807, 2.05) is 0 Å². The molecule has 6 nitrogen and oxygen atoms in total. The smallest absolute Gasteiger partial charge is 0.348 e. The van der Waals surface area contributed by atoms with E-state index in [9.17, 15) is 14.4 Å². The maximum atomic E-state index is 12.6. The van der Waals surface area contributed by atoms with Crippen molar-refractivity contribution in [1.29, 1.82) is 0 Å². The second-order valence-electron chi connectivity index (χ2n) is 4.39. The minimum atomic E-state index is -0.761. The Morgan fingerprint density at radius 1 is 0.913 bits per heavy atom. The number of rotatable bonds is 5. The fourth-order valence-electron chi connectivity index (χ4n) is 1.97. The van der Waals surface area contributed by atoms with Crippen molar-refractivity contribution < 1.29 is 28.6 Å². The predicted octanol–water partition coefficient (Wildman–Crippen LogP) is 2.56. The van der Waals surface area contributed by atoms with Gasteiger partial charge in [-0.2, -0.15) is 0 Å². The van der Waals surface area contributed by atoms with E-state index in [-0.39, 0.29) is 21.8 Å². The highest BCUT2D eigenvalue weighted by Crippen LogP contribution is 2.27. The second kappa shape index (κ2) is 7.06. The van der Waals surface area contributed by atoms with Gasteiger partial charge in [0.05, 0.1) is 26.9 Å². The Labute approximate surface area is 136 Å². The summed E-state index contributed by atoms with van der Waals surface area (Å²) in [5, 5.41) is 1.45. The first-order chi connectivity index (χ1) is 11.0. The third kappa shape index (κ3) is 3.24. The van der Waals surface area contributed by atoms with Gasteiger partial charge in [0.2, 0.25) is 0 Å². The number of ether oxygens (including phenoxy) is 3. The normalized spacial score (nSPS) is 10.0. The lowest BCUT2D eigenvalue weighted by Gasteiger charge is -2.05. The topological polar surface area (TPSA) is 78.9 Å². The average molecular weight is 334 g/mol. The molecular weight excluding hydrogens is 320 g/mol. The molecule has 1 heterocycles. The van der Waals surface area contributed by atoms with Crippen LogP contribution in [0, 0.1) is 0 Å². The number of benzene rings is 1. The molecule has 0 radical (unpaired) electrons. The van der Waals surface area contributed by atoms with Gasteiger partial charge in [-0.1, -0.05) is 0 Å². The van der Waals surface area contributed by atoms with Gasteiger partial charge < -0.3 is 14.2 Å². The van der Waals surface area contributed by atoms with Gasteiger partial charge >= 0.3 is 11.9 Å². The lowest BCUT2D eigenvalue weighted by Crippen LogP contribution is -2.13. The van der Waals surface area contributed by atoms with Crippen molar-refractivity contribution in [2.24, 2.45) is 0 Å². The lowest BCUT2D eigenvalue weighted by atomic mass is 10.0. The molecule has 1 aromatic heterocycles. The Morgan fingerprint density at radius 3 is 2.04 bits per heavy atom. The van der Waals surface area contributed by atoms with Crippen LogP contribution in [0.1, 0.15) is 36.0 Å². The fourth-order valence-corrected chi connectivity index (χ4v) is 2.92. The van der Waals surface area contributed by atoms with Crippen molar-refractivity contribution in [3.05, 3.63) is 51.2 Å². The summed E-state index contributed by atoms with van der Waals surface area (Å²) < 4.78 is 14.4. The molecule has 23 heavy (non-hydrogen) atoms. The maximum absolute atomic E-state index is 12.6. The monoisotopic (exact) mass is 334 g/mol. The Kier molecular flexibility index (Phi) is 5.13. The number of carbonyl (C=O) groups is 3. The van der Waals surface area contributed by atoms with Crippen LogP contribution in [0.3, 0.4) is 0 Å². The molecule has 2 aromatic rings. The van der Waals surface area contributed by atoms with E-state index < -0.39 is 11.9 Å². The number of methoxy groups -OCH3 is 3. The molecule has 0 aliphatic carbocycles. The molecule has 0 saturated carbocycles. The van der Waals surface area contributed by atoms with Crippen LogP contribution in [0.4, 0.5) is 0 Å². The van der Waals surface area contributed by atoms with Gasteiger partial charge in [-0.3, -0.25) is 4.79 Å². The van der Waals surface area contributed by atoms with Gasteiger partial charge in [-0.05, 0) is 24.3 Å². The molecule has 0 saturated heterocycles. The van der Waals surface area contributed by atoms with Crippen LogP contribution in [0.5, 0.6) is 5.75 Å². The molecule has 0 atom stereocenters. The average Bonchev–Trinajstić information content (AvgIpc) is 3.04. The molecule has 0 bridgehead atoms. The van der Waals surface area contributed by atoms with Crippen LogP contribution in [-0.2, 0) is 9.47 Å². The lowest BCUT2D eigenvalue weighted by molar-refractivity contribution is 0.0558. The fraction of sp³-hybridized carbons (Fsp3) is 0.188. The predicted molar refractivity (Wildman–Crippen MR) is 83.4 cm³/mol. The summed E-state index contributed by atoms with van der Waals surface area (Å²) in [4.78, 5) is 36.4. The molecular formula is C16H14O6S. The summed E-state index contributed by atoms with van der Waals surface area (Å²) in [5.74, 6) is -1.23. The minimum Gasteiger partial charge on any atom is -0.497 e. The highest BCUT2D eigenvalue weighted by molar-refractivity contribution is 7.12. The second-order valence-corrected chi connectivity index (χ2v) is 5.27. The zero-order valence-electron chi connectivity index (χ0n) is 12.7. The van der Waals surface area contributed by atoms with Crippen molar-refractivity contribution in [1.82, 2.24) is 0 Å². The largest absolute Gasteiger partial charge is 0.497 e. The van der Waals surface area contributed by atoms with Crippen LogP contribution >= 0.6 is 11.3 Å². The Balaban J connectivity index is 2.49. The van der Waals surface area contributed by atoms with Crippen molar-refractivity contribution in [3.63, 3.8) is 0 Å². The zero-order chi connectivity index (χ0) is 17.0. The molecule has 0 N–H and O–H groups in total. The van der Waals surface area contributed by atoms with Crippen LogP contribution in [0.25, 0.3) is 0 Å². The highest BCUT2D eigenvalue weighted by atomic mass is 32.1. The van der Waals surface area contributed by atoms with Crippen LogP contribution < -0.4 is 4.74 Å². The van der Waals surface area contributed by atoms with Gasteiger partial charge in [0.25, 0.3) is 0 Å².